The molecule has 0 radical (unpaired) electrons. The summed E-state index contributed by atoms with van der Waals surface area (Å²) in [6.45, 7) is 2.77. The topological polar surface area (TPSA) is 99.9 Å². The molecule has 0 spiro atoms. The van der Waals surface area contributed by atoms with Crippen molar-refractivity contribution >= 4 is 11.5 Å². The number of hydrazine groups is 1. The first-order valence-electron chi connectivity index (χ1n) is 10.8. The van der Waals surface area contributed by atoms with E-state index in [9.17, 15) is 0 Å². The van der Waals surface area contributed by atoms with Gasteiger partial charge in [0.05, 0.1) is 0 Å². The van der Waals surface area contributed by atoms with Gasteiger partial charge in [-0.1, -0.05) is 66.8 Å². The van der Waals surface area contributed by atoms with Crippen LogP contribution in [0, 0.1) is 6.92 Å². The number of nitrogens with zero attached hydrogens (tertiary/aromatic N) is 6. The molecule has 3 heterocycles. The number of aromatic amines is 1. The lowest BCUT2D eigenvalue weighted by atomic mass is 9.98. The minimum atomic E-state index is -0.0720. The van der Waals surface area contributed by atoms with Crippen LogP contribution in [0.5, 0.6) is 0 Å². The highest BCUT2D eigenvalue weighted by Gasteiger charge is 2.38. The standard InChI is InChI=1S/C25H22N8/c1-16-13-14-27-24-22(16)33(26)25(19-5-4-6-19)32(24)15-17-9-11-18(12-10-17)20-7-2-3-8-21(20)23-28-30-31-29-23/h2-14,25H,15,26H2,1H3,(H,28,29,30,31). The van der Waals surface area contributed by atoms with E-state index in [4.69, 9.17) is 5.84 Å². The molecular weight excluding hydrogens is 412 g/mol. The summed E-state index contributed by atoms with van der Waals surface area (Å²) in [5.74, 6) is 8.06. The van der Waals surface area contributed by atoms with Crippen LogP contribution in [0.25, 0.3) is 22.5 Å². The van der Waals surface area contributed by atoms with Crippen LogP contribution in [-0.2, 0) is 6.54 Å². The van der Waals surface area contributed by atoms with Gasteiger partial charge in [0.25, 0.3) is 0 Å². The van der Waals surface area contributed by atoms with E-state index in [0.29, 0.717) is 12.4 Å². The molecule has 1 atom stereocenters. The lowest BCUT2D eigenvalue weighted by Crippen LogP contribution is -2.48. The molecule has 2 aromatic carbocycles. The maximum Gasteiger partial charge on any atom is 0.205 e. The minimum Gasteiger partial charge on any atom is -0.325 e. The van der Waals surface area contributed by atoms with Crippen LogP contribution in [0.4, 0.5) is 11.5 Å². The first-order chi connectivity index (χ1) is 16.2. The van der Waals surface area contributed by atoms with Crippen molar-refractivity contribution in [3.8, 4) is 22.5 Å². The Bertz CT molecular complexity index is 1370. The Morgan fingerprint density at radius 3 is 2.52 bits per heavy atom. The summed E-state index contributed by atoms with van der Waals surface area (Å²) < 4.78 is 0. The van der Waals surface area contributed by atoms with Gasteiger partial charge in [-0.3, -0.25) is 5.01 Å². The summed E-state index contributed by atoms with van der Waals surface area (Å²) in [6, 6.07) is 18.6. The lowest BCUT2D eigenvalue weighted by molar-refractivity contribution is 0.657. The summed E-state index contributed by atoms with van der Waals surface area (Å²) in [6.07, 6.45) is 8.03. The van der Waals surface area contributed by atoms with Crippen molar-refractivity contribution < 1.29 is 0 Å². The highest BCUT2D eigenvalue weighted by Crippen LogP contribution is 2.42. The van der Waals surface area contributed by atoms with Crippen LogP contribution in [0.3, 0.4) is 0 Å². The van der Waals surface area contributed by atoms with Gasteiger partial charge in [-0.05, 0) is 46.0 Å². The largest absolute Gasteiger partial charge is 0.325 e. The van der Waals surface area contributed by atoms with Gasteiger partial charge in [-0.15, -0.1) is 10.2 Å². The van der Waals surface area contributed by atoms with E-state index < -0.39 is 0 Å². The van der Waals surface area contributed by atoms with Crippen molar-refractivity contribution in [2.24, 2.45) is 5.84 Å². The second-order valence-corrected chi connectivity index (χ2v) is 8.21. The van der Waals surface area contributed by atoms with Crippen molar-refractivity contribution in [1.82, 2.24) is 25.6 Å². The normalized spacial score (nSPS) is 16.5. The SMILES string of the molecule is Cc1ccnc2c1N(N)C(C1=CC=C1)N2Cc1ccc(-c2ccccc2-c2nn[nH]n2)cc1. The number of pyridine rings is 1. The summed E-state index contributed by atoms with van der Waals surface area (Å²) in [5.41, 5.74) is 7.55. The number of aromatic nitrogens is 5. The summed E-state index contributed by atoms with van der Waals surface area (Å²) in [4.78, 5) is 6.94. The molecule has 0 saturated heterocycles. The zero-order chi connectivity index (χ0) is 22.4. The molecule has 0 saturated carbocycles. The molecule has 1 aliphatic heterocycles. The Kier molecular flexibility index (Phi) is 4.51. The predicted octanol–water partition coefficient (Wildman–Crippen LogP) is 3.76. The molecule has 0 bridgehead atoms. The zero-order valence-corrected chi connectivity index (χ0v) is 18.1. The molecule has 162 valence electrons. The Hall–Kier alpha value is -4.30. The maximum absolute atomic E-state index is 6.57. The molecule has 0 fully saturated rings. The van der Waals surface area contributed by atoms with E-state index in [-0.39, 0.29) is 6.17 Å². The number of nitrogens with two attached hydrogens (primary N) is 1. The van der Waals surface area contributed by atoms with Crippen molar-refractivity contribution in [3.05, 3.63) is 95.7 Å². The predicted molar refractivity (Wildman–Crippen MR) is 128 cm³/mol. The first kappa shape index (κ1) is 19.4. The lowest BCUT2D eigenvalue weighted by Gasteiger charge is -2.32. The number of anilines is 2. The molecule has 2 aliphatic rings. The number of nitrogens with one attached hydrogen (secondary N) is 1. The van der Waals surface area contributed by atoms with Gasteiger partial charge in [0, 0.05) is 18.3 Å². The van der Waals surface area contributed by atoms with Gasteiger partial charge in [-0.2, -0.15) is 5.21 Å². The summed E-state index contributed by atoms with van der Waals surface area (Å²) in [7, 11) is 0. The van der Waals surface area contributed by atoms with Gasteiger partial charge < -0.3 is 4.90 Å². The third-order valence-electron chi connectivity index (χ3n) is 6.20. The molecule has 1 aliphatic carbocycles. The number of hydrogen-bond acceptors (Lipinski definition) is 7. The summed E-state index contributed by atoms with van der Waals surface area (Å²) >= 11 is 0. The van der Waals surface area contributed by atoms with Gasteiger partial charge in [-0.25, -0.2) is 10.8 Å². The van der Waals surface area contributed by atoms with Crippen LogP contribution in [0.2, 0.25) is 0 Å². The van der Waals surface area contributed by atoms with Gasteiger partial charge in [0.15, 0.2) is 5.82 Å². The second kappa shape index (κ2) is 7.68. The molecule has 2 aromatic heterocycles. The highest BCUT2D eigenvalue weighted by atomic mass is 15.6. The fourth-order valence-electron chi connectivity index (χ4n) is 4.53. The number of hydrogen-bond donors (Lipinski definition) is 2. The van der Waals surface area contributed by atoms with Crippen molar-refractivity contribution in [3.63, 3.8) is 0 Å². The van der Waals surface area contributed by atoms with Crippen molar-refractivity contribution in [2.45, 2.75) is 19.6 Å². The molecule has 33 heavy (non-hydrogen) atoms. The monoisotopic (exact) mass is 434 g/mol. The maximum atomic E-state index is 6.57. The highest BCUT2D eigenvalue weighted by molar-refractivity contribution is 5.81. The number of H-pyrrole nitrogens is 1. The number of fused-ring (bicyclic) bond motifs is 1. The zero-order valence-electron chi connectivity index (χ0n) is 18.1. The number of allylic oxidation sites excluding steroid dienone is 2. The Labute approximate surface area is 191 Å². The van der Waals surface area contributed by atoms with E-state index in [0.717, 1.165) is 33.8 Å². The second-order valence-electron chi connectivity index (χ2n) is 8.21. The average molecular weight is 435 g/mol. The van der Waals surface area contributed by atoms with Crippen molar-refractivity contribution in [1.29, 1.82) is 0 Å². The van der Waals surface area contributed by atoms with Crippen molar-refractivity contribution in [2.75, 3.05) is 9.91 Å². The fraction of sp³-hybridized carbons (Fsp3) is 0.120. The molecule has 1 unspecified atom stereocenters. The van der Waals surface area contributed by atoms with E-state index in [1.807, 2.05) is 41.5 Å². The molecule has 6 rings (SSSR count). The first-order valence-corrected chi connectivity index (χ1v) is 10.8. The number of tetrazole rings is 1. The van der Waals surface area contributed by atoms with E-state index in [2.05, 4.69) is 79.9 Å². The average Bonchev–Trinajstić information content (AvgIpc) is 3.43. The quantitative estimate of drug-likeness (QED) is 0.461. The third-order valence-corrected chi connectivity index (χ3v) is 6.20. The van der Waals surface area contributed by atoms with Crippen LogP contribution < -0.4 is 15.8 Å². The van der Waals surface area contributed by atoms with E-state index in [1.54, 1.807) is 0 Å². The molecule has 0 amide bonds. The summed E-state index contributed by atoms with van der Waals surface area (Å²) in [5, 5.41) is 16.4. The smallest absolute Gasteiger partial charge is 0.205 e. The minimum absolute atomic E-state index is 0.0720. The molecule has 8 nitrogen and oxygen atoms in total. The Morgan fingerprint density at radius 1 is 1.03 bits per heavy atom. The fourth-order valence-corrected chi connectivity index (χ4v) is 4.53. The van der Waals surface area contributed by atoms with Crippen LogP contribution >= 0.6 is 0 Å². The van der Waals surface area contributed by atoms with E-state index in [1.165, 1.54) is 11.1 Å². The number of rotatable bonds is 5. The molecule has 8 heteroatoms. The Morgan fingerprint density at radius 2 is 1.82 bits per heavy atom. The van der Waals surface area contributed by atoms with Gasteiger partial charge >= 0.3 is 0 Å². The van der Waals surface area contributed by atoms with Crippen LogP contribution in [0.15, 0.2) is 84.6 Å². The number of benzene rings is 2. The van der Waals surface area contributed by atoms with Gasteiger partial charge in [0.2, 0.25) is 5.82 Å². The molecular formula is C25H22N8. The third kappa shape index (κ3) is 3.19. The number of aryl methyl sites for hydroxylation is 1. The molecule has 4 aromatic rings. The van der Waals surface area contributed by atoms with E-state index >= 15 is 0 Å². The van der Waals surface area contributed by atoms with Crippen LogP contribution in [-0.4, -0.2) is 31.8 Å². The van der Waals surface area contributed by atoms with Gasteiger partial charge in [0.1, 0.15) is 11.9 Å². The molecule has 3 N–H and O–H groups in total. The van der Waals surface area contributed by atoms with Crippen LogP contribution in [0.1, 0.15) is 11.1 Å². The Balaban J connectivity index is 1.32.